The maximum atomic E-state index is 9.14. The van der Waals surface area contributed by atoms with Crippen LogP contribution in [0.1, 0.15) is 24.1 Å². The predicted molar refractivity (Wildman–Crippen MR) is 60.1 cm³/mol. The van der Waals surface area contributed by atoms with Crippen molar-refractivity contribution in [2.24, 2.45) is 7.05 Å². The molecule has 1 N–H and O–H groups in total. The summed E-state index contributed by atoms with van der Waals surface area (Å²) in [4.78, 5) is 2.10. The maximum Gasteiger partial charge on any atom is 0.145 e. The first-order valence-electron chi connectivity index (χ1n) is 5.50. The lowest BCUT2D eigenvalue weighted by atomic mass is 10.2. The zero-order valence-electron chi connectivity index (χ0n) is 9.64. The van der Waals surface area contributed by atoms with Gasteiger partial charge in [0.1, 0.15) is 17.5 Å². The Balaban J connectivity index is 2.40. The summed E-state index contributed by atoms with van der Waals surface area (Å²) >= 11 is 0. The first kappa shape index (κ1) is 11.0. The second-order valence-corrected chi connectivity index (χ2v) is 4.17. The van der Waals surface area contributed by atoms with Gasteiger partial charge in [-0.1, -0.05) is 0 Å². The van der Waals surface area contributed by atoms with Crippen molar-refractivity contribution >= 4 is 5.82 Å². The van der Waals surface area contributed by atoms with Gasteiger partial charge in [0.2, 0.25) is 0 Å². The quantitative estimate of drug-likeness (QED) is 0.805. The number of anilines is 1. The molecule has 1 aliphatic rings. The van der Waals surface area contributed by atoms with Gasteiger partial charge in [-0.15, -0.1) is 0 Å². The minimum absolute atomic E-state index is 0.103. The number of hydrogen-bond acceptors (Lipinski definition) is 4. The van der Waals surface area contributed by atoms with E-state index in [2.05, 4.69) is 16.1 Å². The fourth-order valence-electron chi connectivity index (χ4n) is 2.06. The minimum atomic E-state index is 0.103. The van der Waals surface area contributed by atoms with E-state index in [1.54, 1.807) is 4.68 Å². The van der Waals surface area contributed by atoms with Crippen molar-refractivity contribution in [1.82, 2.24) is 9.78 Å². The van der Waals surface area contributed by atoms with Gasteiger partial charge >= 0.3 is 0 Å². The Morgan fingerprint density at radius 3 is 2.81 bits per heavy atom. The number of hydrogen-bond donors (Lipinski definition) is 1. The molecule has 16 heavy (non-hydrogen) atoms. The first-order chi connectivity index (χ1) is 7.69. The molecule has 1 saturated carbocycles. The van der Waals surface area contributed by atoms with E-state index in [9.17, 15) is 0 Å². The highest BCUT2D eigenvalue weighted by Crippen LogP contribution is 2.33. The van der Waals surface area contributed by atoms with Crippen LogP contribution in [0.3, 0.4) is 0 Å². The lowest BCUT2D eigenvalue weighted by Crippen LogP contribution is -2.31. The highest BCUT2D eigenvalue weighted by atomic mass is 16.3. The van der Waals surface area contributed by atoms with Crippen LogP contribution in [-0.4, -0.2) is 34.1 Å². The highest BCUT2D eigenvalue weighted by molar-refractivity contribution is 5.58. The normalized spacial score (nSPS) is 14.9. The number of aliphatic hydroxyl groups is 1. The number of aromatic nitrogens is 2. The lowest BCUT2D eigenvalue weighted by molar-refractivity contribution is 0.300. The molecule has 86 valence electrons. The molecule has 0 unspecified atom stereocenters. The highest BCUT2D eigenvalue weighted by Gasteiger charge is 2.32. The summed E-state index contributed by atoms with van der Waals surface area (Å²) < 4.78 is 1.74. The Bertz CT molecular complexity index is 428. The van der Waals surface area contributed by atoms with Crippen molar-refractivity contribution in [3.8, 4) is 6.07 Å². The molecule has 1 aromatic rings. The molecule has 0 radical (unpaired) electrons. The van der Waals surface area contributed by atoms with Crippen molar-refractivity contribution < 1.29 is 5.11 Å². The predicted octanol–water partition coefficient (Wildman–Crippen LogP) is 0.561. The van der Waals surface area contributed by atoms with Crippen LogP contribution in [0.25, 0.3) is 0 Å². The largest absolute Gasteiger partial charge is 0.395 e. The molecule has 0 aromatic carbocycles. The Hall–Kier alpha value is -1.54. The molecule has 0 spiro atoms. The average molecular weight is 220 g/mol. The van der Waals surface area contributed by atoms with Crippen LogP contribution in [0.4, 0.5) is 5.82 Å². The van der Waals surface area contributed by atoms with Gasteiger partial charge in [0.25, 0.3) is 0 Å². The second-order valence-electron chi connectivity index (χ2n) is 4.17. The van der Waals surface area contributed by atoms with E-state index in [1.807, 2.05) is 14.0 Å². The van der Waals surface area contributed by atoms with Crippen LogP contribution < -0.4 is 4.90 Å². The molecule has 0 saturated heterocycles. The van der Waals surface area contributed by atoms with Crippen LogP contribution in [0.5, 0.6) is 0 Å². The molecule has 1 aromatic heterocycles. The Labute approximate surface area is 94.9 Å². The van der Waals surface area contributed by atoms with E-state index >= 15 is 0 Å². The van der Waals surface area contributed by atoms with Gasteiger partial charge < -0.3 is 10.0 Å². The van der Waals surface area contributed by atoms with E-state index in [4.69, 9.17) is 10.4 Å². The molecular formula is C11H16N4O. The van der Waals surface area contributed by atoms with Gasteiger partial charge in [-0.05, 0) is 19.8 Å². The topological polar surface area (TPSA) is 65.1 Å². The van der Waals surface area contributed by atoms with Gasteiger partial charge in [-0.25, -0.2) is 0 Å². The van der Waals surface area contributed by atoms with Gasteiger partial charge in [-0.2, -0.15) is 10.4 Å². The monoisotopic (exact) mass is 220 g/mol. The molecule has 0 amide bonds. The summed E-state index contributed by atoms with van der Waals surface area (Å²) in [5.41, 5.74) is 1.38. The van der Waals surface area contributed by atoms with Crippen molar-refractivity contribution in [2.45, 2.75) is 25.8 Å². The molecule has 5 heteroatoms. The van der Waals surface area contributed by atoms with Crippen molar-refractivity contribution in [3.05, 3.63) is 11.3 Å². The number of nitriles is 1. The van der Waals surface area contributed by atoms with E-state index in [0.717, 1.165) is 24.4 Å². The maximum absolute atomic E-state index is 9.14. The van der Waals surface area contributed by atoms with Crippen molar-refractivity contribution in [3.63, 3.8) is 0 Å². The van der Waals surface area contributed by atoms with Crippen LogP contribution in [0, 0.1) is 18.3 Å². The van der Waals surface area contributed by atoms with Gasteiger partial charge in [0.05, 0.1) is 12.3 Å². The van der Waals surface area contributed by atoms with Gasteiger partial charge in [0, 0.05) is 19.6 Å². The van der Waals surface area contributed by atoms with Crippen LogP contribution >= 0.6 is 0 Å². The molecular weight excluding hydrogens is 204 g/mol. The zero-order chi connectivity index (χ0) is 11.7. The molecule has 1 heterocycles. The number of rotatable bonds is 4. The lowest BCUT2D eigenvalue weighted by Gasteiger charge is -2.23. The second kappa shape index (κ2) is 4.14. The fraction of sp³-hybridized carbons (Fsp3) is 0.636. The minimum Gasteiger partial charge on any atom is -0.395 e. The van der Waals surface area contributed by atoms with Crippen molar-refractivity contribution in [2.75, 3.05) is 18.1 Å². The summed E-state index contributed by atoms with van der Waals surface area (Å²) in [5, 5.41) is 22.5. The van der Waals surface area contributed by atoms with E-state index < -0.39 is 0 Å². The summed E-state index contributed by atoms with van der Waals surface area (Å²) in [6.45, 7) is 2.51. The van der Waals surface area contributed by atoms with E-state index in [0.29, 0.717) is 18.2 Å². The van der Waals surface area contributed by atoms with Crippen LogP contribution in [0.2, 0.25) is 0 Å². The number of nitrogens with zero attached hydrogens (tertiary/aromatic N) is 4. The molecule has 0 atom stereocenters. The van der Waals surface area contributed by atoms with Gasteiger partial charge in [-0.3, -0.25) is 4.68 Å². The summed E-state index contributed by atoms with van der Waals surface area (Å²) in [7, 11) is 1.84. The summed E-state index contributed by atoms with van der Waals surface area (Å²) in [6.07, 6.45) is 2.27. The standard InChI is InChI=1S/C11H16N4O/c1-8-10(7-12)11(14(2)13-8)15(5-6-16)9-3-4-9/h9,16H,3-6H2,1-2H3. The Morgan fingerprint density at radius 2 is 2.31 bits per heavy atom. The third-order valence-corrected chi connectivity index (χ3v) is 2.90. The molecule has 5 nitrogen and oxygen atoms in total. The average Bonchev–Trinajstić information content (AvgIpc) is 3.02. The van der Waals surface area contributed by atoms with Crippen molar-refractivity contribution in [1.29, 1.82) is 5.26 Å². The first-order valence-corrected chi connectivity index (χ1v) is 5.50. The molecule has 0 bridgehead atoms. The zero-order valence-corrected chi connectivity index (χ0v) is 9.64. The number of aryl methyl sites for hydroxylation is 2. The third-order valence-electron chi connectivity index (χ3n) is 2.90. The molecule has 0 aliphatic heterocycles. The third kappa shape index (κ3) is 1.76. The smallest absolute Gasteiger partial charge is 0.145 e. The Kier molecular flexibility index (Phi) is 2.84. The Morgan fingerprint density at radius 1 is 1.62 bits per heavy atom. The number of aliphatic hydroxyl groups excluding tert-OH is 1. The van der Waals surface area contributed by atoms with E-state index in [1.165, 1.54) is 0 Å². The van der Waals surface area contributed by atoms with Crippen LogP contribution in [0.15, 0.2) is 0 Å². The summed E-state index contributed by atoms with van der Waals surface area (Å²) in [6, 6.07) is 2.67. The molecule has 1 aliphatic carbocycles. The van der Waals surface area contributed by atoms with Gasteiger partial charge in [0.15, 0.2) is 0 Å². The molecule has 2 rings (SSSR count). The fourth-order valence-corrected chi connectivity index (χ4v) is 2.06. The van der Waals surface area contributed by atoms with E-state index in [-0.39, 0.29) is 6.61 Å². The molecule has 1 fully saturated rings. The SMILES string of the molecule is Cc1nn(C)c(N(CCO)C2CC2)c1C#N. The van der Waals surface area contributed by atoms with Crippen LogP contribution in [-0.2, 0) is 7.05 Å². The summed E-state index contributed by atoms with van der Waals surface area (Å²) in [5.74, 6) is 0.844.